The highest BCUT2D eigenvalue weighted by Gasteiger charge is 2.00. The minimum atomic E-state index is 0.767. The molecule has 0 spiro atoms. The molecule has 0 aliphatic carbocycles. The molecule has 0 aliphatic rings. The zero-order valence-electron chi connectivity index (χ0n) is 9.47. The Morgan fingerprint density at radius 3 is 2.46 bits per heavy atom. The smallest absolute Gasteiger partial charge is 0.00258 e. The molecule has 13 heavy (non-hydrogen) atoms. The van der Waals surface area contributed by atoms with Gasteiger partial charge >= 0.3 is 0 Å². The van der Waals surface area contributed by atoms with Gasteiger partial charge in [0, 0.05) is 0 Å². The lowest BCUT2D eigenvalue weighted by atomic mass is 10.0. The normalized spacial score (nSPS) is 13.2. The number of hydrogen-bond acceptors (Lipinski definition) is 1. The van der Waals surface area contributed by atoms with Gasteiger partial charge in [-0.05, 0) is 44.2 Å². The number of hydrogen-bond donors (Lipinski definition) is 1. The molecule has 0 bridgehead atoms. The molecule has 0 radical (unpaired) electrons. The van der Waals surface area contributed by atoms with Gasteiger partial charge in [0.2, 0.25) is 0 Å². The van der Waals surface area contributed by atoms with Gasteiger partial charge in [0.05, 0.1) is 0 Å². The van der Waals surface area contributed by atoms with Crippen LogP contribution in [0.3, 0.4) is 0 Å². The van der Waals surface area contributed by atoms with E-state index in [-0.39, 0.29) is 0 Å². The topological polar surface area (TPSA) is 12.0 Å². The van der Waals surface area contributed by atoms with E-state index in [1.807, 2.05) is 6.08 Å². The maximum absolute atomic E-state index is 3.74. The third kappa shape index (κ3) is 9.62. The van der Waals surface area contributed by atoms with E-state index < -0.39 is 0 Å². The van der Waals surface area contributed by atoms with Crippen LogP contribution in [0, 0.1) is 11.8 Å². The molecule has 0 rings (SSSR count). The average Bonchev–Trinajstić information content (AvgIpc) is 2.08. The van der Waals surface area contributed by atoms with Crippen molar-refractivity contribution in [3.05, 3.63) is 12.7 Å². The molecule has 1 nitrogen and oxygen atoms in total. The zero-order chi connectivity index (χ0) is 10.1. The lowest BCUT2D eigenvalue weighted by Crippen LogP contribution is -2.22. The maximum atomic E-state index is 3.74. The van der Waals surface area contributed by atoms with Crippen LogP contribution in [0.25, 0.3) is 0 Å². The summed E-state index contributed by atoms with van der Waals surface area (Å²) in [7, 11) is 0. The molecule has 0 heterocycles. The van der Waals surface area contributed by atoms with E-state index >= 15 is 0 Å². The Kier molecular flexibility index (Phi) is 8.11. The van der Waals surface area contributed by atoms with Gasteiger partial charge in [-0.3, -0.25) is 0 Å². The second kappa shape index (κ2) is 8.31. The van der Waals surface area contributed by atoms with Crippen LogP contribution < -0.4 is 5.32 Å². The summed E-state index contributed by atoms with van der Waals surface area (Å²) < 4.78 is 0. The molecule has 0 saturated heterocycles. The van der Waals surface area contributed by atoms with E-state index in [2.05, 4.69) is 32.7 Å². The van der Waals surface area contributed by atoms with Gasteiger partial charge in [-0.2, -0.15) is 0 Å². The monoisotopic (exact) mass is 183 g/mol. The number of nitrogens with one attached hydrogen (secondary N) is 1. The van der Waals surface area contributed by atoms with Crippen molar-refractivity contribution in [2.24, 2.45) is 11.8 Å². The van der Waals surface area contributed by atoms with E-state index in [0.717, 1.165) is 31.3 Å². The van der Waals surface area contributed by atoms with Gasteiger partial charge in [0.1, 0.15) is 0 Å². The average molecular weight is 183 g/mol. The van der Waals surface area contributed by atoms with Crippen LogP contribution in [0.5, 0.6) is 0 Å². The molecule has 0 aromatic rings. The minimum Gasteiger partial charge on any atom is -0.316 e. The Morgan fingerprint density at radius 1 is 1.23 bits per heavy atom. The fourth-order valence-corrected chi connectivity index (χ4v) is 1.29. The van der Waals surface area contributed by atoms with Crippen LogP contribution in [0.15, 0.2) is 12.7 Å². The van der Waals surface area contributed by atoms with E-state index in [1.165, 1.54) is 12.8 Å². The van der Waals surface area contributed by atoms with Crippen LogP contribution in [0.1, 0.15) is 40.0 Å². The minimum absolute atomic E-state index is 0.767. The Labute approximate surface area is 83.6 Å². The van der Waals surface area contributed by atoms with Crippen molar-refractivity contribution >= 4 is 0 Å². The highest BCUT2D eigenvalue weighted by Crippen LogP contribution is 2.09. The summed E-state index contributed by atoms with van der Waals surface area (Å²) in [4.78, 5) is 0. The molecular formula is C12H25N. The third-order valence-electron chi connectivity index (χ3n) is 2.23. The van der Waals surface area contributed by atoms with Crippen molar-refractivity contribution in [1.29, 1.82) is 0 Å². The summed E-state index contributed by atoms with van der Waals surface area (Å²) in [6, 6.07) is 0. The predicted octanol–water partition coefficient (Wildman–Crippen LogP) is 3.22. The summed E-state index contributed by atoms with van der Waals surface area (Å²) in [5, 5.41) is 3.47. The molecule has 1 N–H and O–H groups in total. The molecule has 1 atom stereocenters. The van der Waals surface area contributed by atoms with Gasteiger partial charge in [0.15, 0.2) is 0 Å². The molecule has 0 saturated carbocycles. The second-order valence-electron chi connectivity index (χ2n) is 4.36. The van der Waals surface area contributed by atoms with Crippen LogP contribution in [-0.4, -0.2) is 13.1 Å². The third-order valence-corrected chi connectivity index (χ3v) is 2.23. The standard InChI is InChI=1S/C12H25N/c1-5-6-7-12(4)8-9-13-10-11(2)3/h5,11-13H,1,6-10H2,2-4H3. The molecule has 1 unspecified atom stereocenters. The Balaban J connectivity index is 3.16. The van der Waals surface area contributed by atoms with Crippen molar-refractivity contribution in [1.82, 2.24) is 5.32 Å². The van der Waals surface area contributed by atoms with Crippen LogP contribution in [0.2, 0.25) is 0 Å². The zero-order valence-corrected chi connectivity index (χ0v) is 9.47. The fraction of sp³-hybridized carbons (Fsp3) is 0.833. The van der Waals surface area contributed by atoms with Crippen molar-refractivity contribution in [3.8, 4) is 0 Å². The Bertz CT molecular complexity index is 118. The van der Waals surface area contributed by atoms with Crippen LogP contribution in [0.4, 0.5) is 0 Å². The van der Waals surface area contributed by atoms with E-state index in [0.29, 0.717) is 0 Å². The van der Waals surface area contributed by atoms with Gasteiger partial charge in [0.25, 0.3) is 0 Å². The highest BCUT2D eigenvalue weighted by molar-refractivity contribution is 4.68. The van der Waals surface area contributed by atoms with Gasteiger partial charge in [-0.1, -0.05) is 26.8 Å². The lowest BCUT2D eigenvalue weighted by molar-refractivity contribution is 0.456. The summed E-state index contributed by atoms with van der Waals surface area (Å²) >= 11 is 0. The van der Waals surface area contributed by atoms with Crippen molar-refractivity contribution < 1.29 is 0 Å². The summed E-state index contributed by atoms with van der Waals surface area (Å²) in [5.41, 5.74) is 0. The second-order valence-corrected chi connectivity index (χ2v) is 4.36. The first-order valence-electron chi connectivity index (χ1n) is 5.48. The lowest BCUT2D eigenvalue weighted by Gasteiger charge is -2.11. The van der Waals surface area contributed by atoms with Gasteiger partial charge in [-0.25, -0.2) is 0 Å². The summed E-state index contributed by atoms with van der Waals surface area (Å²) in [5.74, 6) is 1.60. The van der Waals surface area contributed by atoms with Crippen molar-refractivity contribution in [2.45, 2.75) is 40.0 Å². The molecule has 0 aromatic heterocycles. The summed E-state index contributed by atoms with van der Waals surface area (Å²) in [6.45, 7) is 12.9. The molecule has 0 aliphatic heterocycles. The number of allylic oxidation sites excluding steroid dienone is 1. The molecule has 0 aromatic carbocycles. The molecule has 78 valence electrons. The van der Waals surface area contributed by atoms with E-state index in [4.69, 9.17) is 0 Å². The van der Waals surface area contributed by atoms with Gasteiger partial charge in [-0.15, -0.1) is 6.58 Å². The first-order valence-corrected chi connectivity index (χ1v) is 5.48. The summed E-state index contributed by atoms with van der Waals surface area (Å²) in [6.07, 6.45) is 5.75. The molecule has 1 heteroatoms. The molecular weight excluding hydrogens is 158 g/mol. The first-order chi connectivity index (χ1) is 6.16. The van der Waals surface area contributed by atoms with Gasteiger partial charge < -0.3 is 5.32 Å². The van der Waals surface area contributed by atoms with E-state index in [1.54, 1.807) is 0 Å². The number of rotatable bonds is 8. The fourth-order valence-electron chi connectivity index (χ4n) is 1.29. The largest absolute Gasteiger partial charge is 0.316 e. The Hall–Kier alpha value is -0.300. The molecule has 0 fully saturated rings. The van der Waals surface area contributed by atoms with Crippen molar-refractivity contribution in [3.63, 3.8) is 0 Å². The first kappa shape index (κ1) is 12.7. The quantitative estimate of drug-likeness (QED) is 0.450. The highest BCUT2D eigenvalue weighted by atomic mass is 14.8. The van der Waals surface area contributed by atoms with Crippen molar-refractivity contribution in [2.75, 3.05) is 13.1 Å². The maximum Gasteiger partial charge on any atom is -0.00258 e. The van der Waals surface area contributed by atoms with E-state index in [9.17, 15) is 0 Å². The van der Waals surface area contributed by atoms with Crippen LogP contribution >= 0.6 is 0 Å². The molecule has 0 amide bonds. The predicted molar refractivity (Wildman–Crippen MR) is 60.9 cm³/mol. The Morgan fingerprint density at radius 2 is 1.92 bits per heavy atom. The van der Waals surface area contributed by atoms with Crippen LogP contribution in [-0.2, 0) is 0 Å². The SMILES string of the molecule is C=CCCC(C)CCNCC(C)C.